The lowest BCUT2D eigenvalue weighted by atomic mass is 10.2. The highest BCUT2D eigenvalue weighted by Gasteiger charge is 2.17. The van der Waals surface area contributed by atoms with Crippen molar-refractivity contribution in [2.24, 2.45) is 7.05 Å². The Bertz CT molecular complexity index is 772. The van der Waals surface area contributed by atoms with E-state index in [1.165, 1.54) is 12.8 Å². The number of aromatic nitrogens is 6. The van der Waals surface area contributed by atoms with Crippen molar-refractivity contribution >= 4 is 0 Å². The van der Waals surface area contributed by atoms with Gasteiger partial charge in [-0.3, -0.25) is 9.67 Å². The molecule has 0 atom stereocenters. The molecule has 0 N–H and O–H groups in total. The maximum Gasteiger partial charge on any atom is 0.167 e. The SMILES string of the molecule is CCCCCc1nc(-c2cn(C)nc2C)n(-c2cccnc2)n1. The van der Waals surface area contributed by atoms with Gasteiger partial charge in [-0.2, -0.15) is 10.2 Å². The summed E-state index contributed by atoms with van der Waals surface area (Å²) in [5.41, 5.74) is 2.87. The van der Waals surface area contributed by atoms with Crippen LogP contribution in [0.25, 0.3) is 17.1 Å². The van der Waals surface area contributed by atoms with E-state index in [1.807, 2.05) is 41.7 Å². The third kappa shape index (κ3) is 3.31. The lowest BCUT2D eigenvalue weighted by Crippen LogP contribution is -2.00. The zero-order valence-electron chi connectivity index (χ0n) is 13.9. The second-order valence-electron chi connectivity index (χ2n) is 5.73. The first-order valence-corrected chi connectivity index (χ1v) is 8.06. The summed E-state index contributed by atoms with van der Waals surface area (Å²) >= 11 is 0. The van der Waals surface area contributed by atoms with E-state index in [1.54, 1.807) is 12.4 Å². The summed E-state index contributed by atoms with van der Waals surface area (Å²) in [4.78, 5) is 8.97. The molecule has 0 saturated carbocycles. The van der Waals surface area contributed by atoms with E-state index in [2.05, 4.69) is 17.0 Å². The molecule has 120 valence electrons. The van der Waals surface area contributed by atoms with E-state index >= 15 is 0 Å². The molecule has 6 nitrogen and oxygen atoms in total. The molecule has 0 radical (unpaired) electrons. The van der Waals surface area contributed by atoms with Gasteiger partial charge in [0.05, 0.1) is 23.1 Å². The molecular weight excluding hydrogens is 288 g/mol. The first-order chi connectivity index (χ1) is 11.2. The second kappa shape index (κ2) is 6.73. The van der Waals surface area contributed by atoms with Crippen molar-refractivity contribution in [3.8, 4) is 17.1 Å². The maximum atomic E-state index is 4.77. The van der Waals surface area contributed by atoms with E-state index in [0.29, 0.717) is 0 Å². The van der Waals surface area contributed by atoms with Crippen molar-refractivity contribution in [2.75, 3.05) is 0 Å². The fourth-order valence-electron chi connectivity index (χ4n) is 2.65. The molecule has 3 aromatic rings. The average Bonchev–Trinajstić information content (AvgIpc) is 3.11. The molecule has 0 aliphatic rings. The summed E-state index contributed by atoms with van der Waals surface area (Å²) in [7, 11) is 1.92. The van der Waals surface area contributed by atoms with Gasteiger partial charge in [-0.1, -0.05) is 19.8 Å². The molecule has 0 unspecified atom stereocenters. The van der Waals surface area contributed by atoms with Gasteiger partial charge in [0.2, 0.25) is 0 Å². The van der Waals surface area contributed by atoms with Gasteiger partial charge in [-0.15, -0.1) is 0 Å². The van der Waals surface area contributed by atoms with Crippen LogP contribution in [-0.4, -0.2) is 29.5 Å². The van der Waals surface area contributed by atoms with Crippen molar-refractivity contribution in [3.63, 3.8) is 0 Å². The lowest BCUT2D eigenvalue weighted by molar-refractivity contribution is 0.689. The Morgan fingerprint density at radius 3 is 2.70 bits per heavy atom. The number of unbranched alkanes of at least 4 members (excludes halogenated alkanes) is 2. The molecule has 0 aromatic carbocycles. The number of aryl methyl sites for hydroxylation is 3. The number of pyridine rings is 1. The van der Waals surface area contributed by atoms with E-state index in [0.717, 1.165) is 41.4 Å². The fourth-order valence-corrected chi connectivity index (χ4v) is 2.65. The van der Waals surface area contributed by atoms with Crippen LogP contribution >= 0.6 is 0 Å². The van der Waals surface area contributed by atoms with Crippen LogP contribution in [0.1, 0.15) is 37.7 Å². The lowest BCUT2D eigenvalue weighted by Gasteiger charge is -2.03. The van der Waals surface area contributed by atoms with Crippen molar-refractivity contribution in [1.82, 2.24) is 29.5 Å². The smallest absolute Gasteiger partial charge is 0.167 e. The summed E-state index contributed by atoms with van der Waals surface area (Å²) < 4.78 is 3.68. The van der Waals surface area contributed by atoms with E-state index < -0.39 is 0 Å². The molecule has 0 fully saturated rings. The van der Waals surface area contributed by atoms with Crippen LogP contribution in [-0.2, 0) is 13.5 Å². The molecule has 3 heterocycles. The largest absolute Gasteiger partial charge is 0.275 e. The Morgan fingerprint density at radius 1 is 1.17 bits per heavy atom. The highest BCUT2D eigenvalue weighted by atomic mass is 15.4. The van der Waals surface area contributed by atoms with Crippen LogP contribution in [0, 0.1) is 6.92 Å². The second-order valence-corrected chi connectivity index (χ2v) is 5.73. The minimum Gasteiger partial charge on any atom is -0.275 e. The molecule has 0 aliphatic carbocycles. The van der Waals surface area contributed by atoms with Crippen LogP contribution in [0.15, 0.2) is 30.7 Å². The van der Waals surface area contributed by atoms with Gasteiger partial charge in [0.25, 0.3) is 0 Å². The Labute approximate surface area is 136 Å². The molecule has 0 bridgehead atoms. The van der Waals surface area contributed by atoms with Crippen LogP contribution in [0.3, 0.4) is 0 Å². The van der Waals surface area contributed by atoms with E-state index in [4.69, 9.17) is 10.1 Å². The van der Waals surface area contributed by atoms with Crippen molar-refractivity contribution < 1.29 is 0 Å². The summed E-state index contributed by atoms with van der Waals surface area (Å²) in [5, 5.41) is 9.13. The Hall–Kier alpha value is -2.50. The normalized spacial score (nSPS) is 11.1. The first-order valence-electron chi connectivity index (χ1n) is 8.06. The van der Waals surface area contributed by atoms with Gasteiger partial charge >= 0.3 is 0 Å². The predicted molar refractivity (Wildman–Crippen MR) is 89.3 cm³/mol. The minimum absolute atomic E-state index is 0.829. The summed E-state index contributed by atoms with van der Waals surface area (Å²) in [5.74, 6) is 1.70. The topological polar surface area (TPSA) is 61.4 Å². The van der Waals surface area contributed by atoms with Gasteiger partial charge in [0, 0.05) is 25.9 Å². The highest BCUT2D eigenvalue weighted by molar-refractivity contribution is 5.59. The Kier molecular flexibility index (Phi) is 4.50. The maximum absolute atomic E-state index is 4.77. The minimum atomic E-state index is 0.829. The summed E-state index contributed by atoms with van der Waals surface area (Å²) in [6.45, 7) is 4.19. The zero-order valence-corrected chi connectivity index (χ0v) is 13.9. The molecule has 3 aromatic heterocycles. The first kappa shape index (κ1) is 15.4. The molecule has 23 heavy (non-hydrogen) atoms. The standard InChI is InChI=1S/C17H22N6/c1-4-5-6-9-16-19-17(15-12-22(3)20-13(15)2)23(21-16)14-8-7-10-18-11-14/h7-8,10-12H,4-6,9H2,1-3H3. The number of nitrogens with zero attached hydrogens (tertiary/aromatic N) is 6. The summed E-state index contributed by atoms with van der Waals surface area (Å²) in [6.07, 6.45) is 9.95. The van der Waals surface area contributed by atoms with Crippen molar-refractivity contribution in [3.05, 3.63) is 42.2 Å². The van der Waals surface area contributed by atoms with Gasteiger partial charge < -0.3 is 0 Å². The molecular formula is C17H22N6. The zero-order chi connectivity index (χ0) is 16.2. The fraction of sp³-hybridized carbons (Fsp3) is 0.412. The van der Waals surface area contributed by atoms with E-state index in [9.17, 15) is 0 Å². The molecule has 0 saturated heterocycles. The predicted octanol–water partition coefficient (Wildman–Crippen LogP) is 3.10. The van der Waals surface area contributed by atoms with Crippen LogP contribution in [0.2, 0.25) is 0 Å². The molecule has 3 rings (SSSR count). The van der Waals surface area contributed by atoms with E-state index in [-0.39, 0.29) is 0 Å². The third-order valence-electron chi connectivity index (χ3n) is 3.80. The number of hydrogen-bond donors (Lipinski definition) is 0. The molecule has 0 aliphatic heterocycles. The average molecular weight is 310 g/mol. The van der Waals surface area contributed by atoms with Crippen molar-refractivity contribution in [2.45, 2.75) is 39.5 Å². The Morgan fingerprint density at radius 2 is 2.04 bits per heavy atom. The molecule has 0 spiro atoms. The Balaban J connectivity index is 2.03. The molecule has 0 amide bonds. The third-order valence-corrected chi connectivity index (χ3v) is 3.80. The monoisotopic (exact) mass is 310 g/mol. The number of hydrogen-bond acceptors (Lipinski definition) is 4. The van der Waals surface area contributed by atoms with Gasteiger partial charge in [0.1, 0.15) is 0 Å². The van der Waals surface area contributed by atoms with Crippen molar-refractivity contribution in [1.29, 1.82) is 0 Å². The van der Waals surface area contributed by atoms with Gasteiger partial charge in [-0.05, 0) is 25.5 Å². The quantitative estimate of drug-likeness (QED) is 0.656. The number of rotatable bonds is 6. The molecule has 6 heteroatoms. The summed E-state index contributed by atoms with van der Waals surface area (Å²) in [6, 6.07) is 3.90. The van der Waals surface area contributed by atoms with Gasteiger partial charge in [0.15, 0.2) is 11.6 Å². The van der Waals surface area contributed by atoms with Gasteiger partial charge in [-0.25, -0.2) is 9.67 Å². The van der Waals surface area contributed by atoms with Crippen LogP contribution < -0.4 is 0 Å². The van der Waals surface area contributed by atoms with Crippen LogP contribution in [0.4, 0.5) is 0 Å². The highest BCUT2D eigenvalue weighted by Crippen LogP contribution is 2.23. The van der Waals surface area contributed by atoms with Crippen LogP contribution in [0.5, 0.6) is 0 Å².